The van der Waals surface area contributed by atoms with Crippen LogP contribution in [0.4, 0.5) is 0 Å². The van der Waals surface area contributed by atoms with E-state index in [4.69, 9.17) is 19.5 Å². The Hall–Kier alpha value is -6.84. The molecule has 0 unspecified atom stereocenters. The van der Waals surface area contributed by atoms with Crippen molar-refractivity contribution < 1.29 is 30.5 Å². The van der Waals surface area contributed by atoms with Gasteiger partial charge < -0.3 is 13.6 Å². The fraction of sp³-hybridized carbons (Fsp3) is 0. The predicted molar refractivity (Wildman–Crippen MR) is 213 cm³/mol. The van der Waals surface area contributed by atoms with Gasteiger partial charge in [0.15, 0.2) is 5.58 Å². The Labute approximate surface area is 320 Å². The van der Waals surface area contributed by atoms with Crippen molar-refractivity contribution in [1.82, 2.24) is 9.13 Å². The highest BCUT2D eigenvalue weighted by molar-refractivity contribution is 6.15. The summed E-state index contributed by atoms with van der Waals surface area (Å²) in [6.45, 7) is 0. The number of para-hydroxylation sites is 4. The summed E-state index contributed by atoms with van der Waals surface area (Å²) < 4.78 is 181. The van der Waals surface area contributed by atoms with Crippen molar-refractivity contribution in [2.24, 2.45) is 0 Å². The maximum absolute atomic E-state index is 9.97. The Balaban J connectivity index is 1.34. The molecule has 11 aromatic rings. The van der Waals surface area contributed by atoms with Crippen molar-refractivity contribution in [2.45, 2.75) is 0 Å². The lowest BCUT2D eigenvalue weighted by atomic mass is 10.0. The lowest BCUT2D eigenvalue weighted by molar-refractivity contribution is 0.666. The van der Waals surface area contributed by atoms with Gasteiger partial charge in [-0.2, -0.15) is 0 Å². The van der Waals surface area contributed by atoms with Gasteiger partial charge in [0.05, 0.1) is 53.8 Å². The molecule has 0 aliphatic rings. The molecule has 3 heterocycles. The van der Waals surface area contributed by atoms with E-state index in [0.29, 0.717) is 21.9 Å². The molecule has 0 aliphatic heterocycles. The largest absolute Gasteiger partial charge is 0.454 e. The molecule has 3 nitrogen and oxygen atoms in total. The van der Waals surface area contributed by atoms with E-state index in [1.807, 2.05) is 48.5 Å². The first kappa shape index (κ1) is 15.4. The summed E-state index contributed by atoms with van der Waals surface area (Å²) in [6, 6.07) is 5.93. The van der Waals surface area contributed by atoms with Crippen molar-refractivity contribution in [3.8, 4) is 33.6 Å². The van der Waals surface area contributed by atoms with Gasteiger partial charge in [0.1, 0.15) is 5.58 Å². The average molecular weight is 670 g/mol. The van der Waals surface area contributed by atoms with Crippen molar-refractivity contribution in [2.75, 3.05) is 0 Å². The van der Waals surface area contributed by atoms with E-state index in [2.05, 4.69) is 0 Å². The quantitative estimate of drug-likeness (QED) is 0.183. The van der Waals surface area contributed by atoms with E-state index < -0.39 is 153 Å². The highest BCUT2D eigenvalue weighted by Crippen LogP contribution is 2.42. The average Bonchev–Trinajstić information content (AvgIpc) is 4.04. The van der Waals surface area contributed by atoms with Crippen molar-refractivity contribution in [3.63, 3.8) is 0 Å². The number of nitrogens with zero attached hydrogens (tertiary/aromatic N) is 2. The third-order valence-electron chi connectivity index (χ3n) is 9.08. The Morgan fingerprint density at radius 1 is 0.412 bits per heavy atom. The van der Waals surface area contributed by atoms with Crippen LogP contribution in [0.1, 0.15) is 26.0 Å². The second-order valence-electron chi connectivity index (χ2n) is 11.9. The summed E-state index contributed by atoms with van der Waals surface area (Å²) >= 11 is 0. The standard InChI is InChI=1S/C48H30N2O/c1-3-13-31(14-4-1)34-29-41-38-19-9-12-22-47(38)51-48(41)46(30-34)50-43-21-11-8-18-37(43)40-28-33(24-26-45(40)50)32-23-25-44-39(27-32)36-17-7-10-20-42(36)49(44)35-15-5-2-6-16-35/h1-30H/i2D,5D,6D,7D,8D,10D,11D,15D,16D,17D,18D,20D,21D,23D,24D,25D,26D,27D,28D. The van der Waals surface area contributed by atoms with E-state index in [1.165, 1.54) is 4.57 Å². The minimum atomic E-state index is -0.866. The molecule has 0 saturated heterocycles. The molecule has 3 aromatic heterocycles. The van der Waals surface area contributed by atoms with E-state index >= 15 is 0 Å². The number of rotatable bonds is 4. The molecule has 11 rings (SSSR count). The van der Waals surface area contributed by atoms with Gasteiger partial charge in [-0.25, -0.2) is 0 Å². The molecule has 0 saturated carbocycles. The number of hydrogen-bond acceptors (Lipinski definition) is 1. The highest BCUT2D eigenvalue weighted by atomic mass is 16.3. The van der Waals surface area contributed by atoms with Gasteiger partial charge in [0, 0.05) is 38.0 Å². The van der Waals surface area contributed by atoms with Gasteiger partial charge >= 0.3 is 0 Å². The smallest absolute Gasteiger partial charge is 0.159 e. The van der Waals surface area contributed by atoms with Crippen LogP contribution >= 0.6 is 0 Å². The Morgan fingerprint density at radius 3 is 1.73 bits per heavy atom. The molecule has 238 valence electrons. The first-order chi connectivity index (χ1) is 33.2. The number of hydrogen-bond donors (Lipinski definition) is 0. The first-order valence-electron chi connectivity index (χ1n) is 25.4. The molecule has 0 aliphatic carbocycles. The van der Waals surface area contributed by atoms with Crippen LogP contribution in [-0.2, 0) is 0 Å². The monoisotopic (exact) mass is 669 g/mol. The zero-order valence-corrected chi connectivity index (χ0v) is 26.2. The molecule has 3 heteroatoms. The number of furan rings is 1. The topological polar surface area (TPSA) is 23.0 Å². The molecule has 8 aromatic carbocycles. The molecule has 51 heavy (non-hydrogen) atoms. The van der Waals surface area contributed by atoms with E-state index in [-0.39, 0.29) is 33.1 Å². The number of benzene rings is 8. The summed E-state index contributed by atoms with van der Waals surface area (Å²) in [5.74, 6) is 0. The van der Waals surface area contributed by atoms with Crippen molar-refractivity contribution in [3.05, 3.63) is 182 Å². The van der Waals surface area contributed by atoms with E-state index in [0.717, 1.165) is 10.1 Å². The molecule has 0 fully saturated rings. The molecule has 0 spiro atoms. The van der Waals surface area contributed by atoms with E-state index in [1.54, 1.807) is 18.2 Å². The Morgan fingerprint density at radius 2 is 1.00 bits per heavy atom. The van der Waals surface area contributed by atoms with Gasteiger partial charge in [-0.05, 0) is 88.8 Å². The lowest BCUT2D eigenvalue weighted by Gasteiger charge is -2.12. The number of fused-ring (bicyclic) bond motifs is 9. The van der Waals surface area contributed by atoms with Gasteiger partial charge in [-0.3, -0.25) is 0 Å². The summed E-state index contributed by atoms with van der Waals surface area (Å²) in [7, 11) is 0. The SMILES string of the molecule is [2H]c1c([2H])c([2H])c(-n2c3c([2H])c([2H])c([2H])c([2H])c3c3c([2H])c(-c4c([2H])c([2H])c5c(c4[2H])c4c([2H])c([2H])c([2H])c([2H])c4n5-c4cc(-c5ccccc5)cc5c4oc4ccccc45)c([2H])c([2H])c32)c([2H])c1[2H]. The maximum Gasteiger partial charge on any atom is 0.159 e. The molecule has 0 bridgehead atoms. The normalized spacial score (nSPS) is 17.1. The Bertz CT molecular complexity index is 4200. The molecule has 0 atom stereocenters. The summed E-state index contributed by atoms with van der Waals surface area (Å²) in [5, 5.41) is -0.0899. The van der Waals surface area contributed by atoms with Gasteiger partial charge in [-0.1, -0.05) is 115 Å². The van der Waals surface area contributed by atoms with Crippen LogP contribution in [-0.4, -0.2) is 9.13 Å². The zero-order chi connectivity index (χ0) is 50.0. The maximum atomic E-state index is 9.97. The van der Waals surface area contributed by atoms with Gasteiger partial charge in [0.2, 0.25) is 0 Å². The minimum Gasteiger partial charge on any atom is -0.454 e. The third-order valence-corrected chi connectivity index (χ3v) is 9.08. The molecule has 0 radical (unpaired) electrons. The van der Waals surface area contributed by atoms with Crippen LogP contribution in [0.5, 0.6) is 0 Å². The van der Waals surface area contributed by atoms with Crippen LogP contribution in [0.15, 0.2) is 186 Å². The first-order valence-corrected chi connectivity index (χ1v) is 15.9. The van der Waals surface area contributed by atoms with Crippen LogP contribution < -0.4 is 0 Å². The van der Waals surface area contributed by atoms with Crippen LogP contribution in [0.25, 0.3) is 99.2 Å². The lowest BCUT2D eigenvalue weighted by Crippen LogP contribution is -1.95. The van der Waals surface area contributed by atoms with Crippen LogP contribution in [0.2, 0.25) is 0 Å². The van der Waals surface area contributed by atoms with E-state index in [9.17, 15) is 11.0 Å². The summed E-state index contributed by atoms with van der Waals surface area (Å²) in [4.78, 5) is 0. The van der Waals surface area contributed by atoms with Gasteiger partial charge in [0.25, 0.3) is 0 Å². The zero-order valence-electron chi connectivity index (χ0n) is 45.2. The highest BCUT2D eigenvalue weighted by Gasteiger charge is 2.20. The number of aromatic nitrogens is 2. The second-order valence-corrected chi connectivity index (χ2v) is 11.9. The molecular weight excluding hydrogens is 621 g/mol. The summed E-state index contributed by atoms with van der Waals surface area (Å²) in [5.41, 5.74) is -0.900. The molecule has 0 N–H and O–H groups in total. The van der Waals surface area contributed by atoms with Crippen molar-refractivity contribution in [1.29, 1.82) is 0 Å². The van der Waals surface area contributed by atoms with Crippen molar-refractivity contribution >= 4 is 65.6 Å². The van der Waals surface area contributed by atoms with Crippen LogP contribution in [0, 0.1) is 0 Å². The third kappa shape index (κ3) is 4.19. The molecular formula is C48H30N2O. The minimum absolute atomic E-state index is 0.182. The fourth-order valence-corrected chi connectivity index (χ4v) is 6.87. The second kappa shape index (κ2) is 10.8. The Kier molecular flexibility index (Phi) is 3.26. The predicted octanol–water partition coefficient (Wildman–Crippen LogP) is 13.1. The summed E-state index contributed by atoms with van der Waals surface area (Å²) in [6.07, 6.45) is 0. The fourth-order valence-electron chi connectivity index (χ4n) is 6.87. The van der Waals surface area contributed by atoms with Crippen LogP contribution in [0.3, 0.4) is 0 Å². The molecule has 0 amide bonds. The van der Waals surface area contributed by atoms with Gasteiger partial charge in [-0.15, -0.1) is 0 Å².